The summed E-state index contributed by atoms with van der Waals surface area (Å²) in [5, 5.41) is 3.71. The third kappa shape index (κ3) is 7.55. The summed E-state index contributed by atoms with van der Waals surface area (Å²) in [6.07, 6.45) is 13.4. The molecule has 41 heavy (non-hydrogen) atoms. The molecule has 1 saturated heterocycles. The van der Waals surface area contributed by atoms with Gasteiger partial charge in [0.05, 0.1) is 22.5 Å². The molecule has 9 heteroatoms. The summed E-state index contributed by atoms with van der Waals surface area (Å²) in [5.74, 6) is 0.682. The molecule has 0 atom stereocenters. The number of amidine groups is 1. The van der Waals surface area contributed by atoms with Crippen molar-refractivity contribution in [1.82, 2.24) is 4.90 Å². The predicted molar refractivity (Wildman–Crippen MR) is 170 cm³/mol. The topological polar surface area (TPSA) is 80.2 Å². The van der Waals surface area contributed by atoms with Gasteiger partial charge in [0.2, 0.25) is 0 Å². The molecule has 1 N–H and O–H groups in total. The normalized spacial score (nSPS) is 20.6. The Morgan fingerprint density at radius 2 is 1.76 bits per heavy atom. The number of aliphatic imine (C=N–C) groups is 1. The van der Waals surface area contributed by atoms with E-state index in [1.807, 2.05) is 54.3 Å². The summed E-state index contributed by atoms with van der Waals surface area (Å²) < 4.78 is 12.1. The number of rotatable bonds is 8. The molecule has 0 bridgehead atoms. The van der Waals surface area contributed by atoms with Crippen LogP contribution in [0.1, 0.15) is 75.3 Å². The Hall–Kier alpha value is -2.78. The quantitative estimate of drug-likeness (QED) is 0.299. The van der Waals surface area contributed by atoms with Gasteiger partial charge in [-0.25, -0.2) is 0 Å². The van der Waals surface area contributed by atoms with Gasteiger partial charge < -0.3 is 14.8 Å². The van der Waals surface area contributed by atoms with Crippen LogP contribution in [0, 0.1) is 6.92 Å². The molecule has 2 aromatic rings. The standard InChI is InChI=1S/C32H38BrN3O4S/c1-21-13-15-24(16-14-21)34-29(37)20-40-30-26(33)17-22(18-27(30)39-2)19-28-31(38)36(25-11-7-4-8-12-25)32(41-28)35-23-9-5-3-6-10-23/h13-19,23,25H,3-12,20H2,1-2H3,(H,34,37). The van der Waals surface area contributed by atoms with E-state index in [9.17, 15) is 9.59 Å². The maximum atomic E-state index is 13.8. The monoisotopic (exact) mass is 639 g/mol. The third-order valence-corrected chi connectivity index (χ3v) is 9.46. The first-order chi connectivity index (χ1) is 19.9. The maximum Gasteiger partial charge on any atom is 0.266 e. The molecule has 2 aliphatic carbocycles. The van der Waals surface area contributed by atoms with E-state index < -0.39 is 0 Å². The number of carbonyl (C=O) groups is 2. The van der Waals surface area contributed by atoms with Crippen molar-refractivity contribution in [3.63, 3.8) is 0 Å². The van der Waals surface area contributed by atoms with E-state index in [0.717, 1.165) is 54.8 Å². The van der Waals surface area contributed by atoms with Crippen molar-refractivity contribution in [3.8, 4) is 11.5 Å². The highest BCUT2D eigenvalue weighted by atomic mass is 79.9. The van der Waals surface area contributed by atoms with Crippen LogP contribution < -0.4 is 14.8 Å². The van der Waals surface area contributed by atoms with Crippen LogP contribution in [0.25, 0.3) is 6.08 Å². The smallest absolute Gasteiger partial charge is 0.266 e. The van der Waals surface area contributed by atoms with Gasteiger partial charge in [0.1, 0.15) is 0 Å². The number of hydrogen-bond acceptors (Lipinski definition) is 6. The summed E-state index contributed by atoms with van der Waals surface area (Å²) in [7, 11) is 1.56. The molecule has 0 radical (unpaired) electrons. The lowest BCUT2D eigenvalue weighted by Crippen LogP contribution is -2.41. The Labute approximate surface area is 255 Å². The molecule has 1 heterocycles. The second-order valence-electron chi connectivity index (χ2n) is 11.0. The van der Waals surface area contributed by atoms with Gasteiger partial charge >= 0.3 is 0 Å². The van der Waals surface area contributed by atoms with Gasteiger partial charge in [0.25, 0.3) is 11.8 Å². The lowest BCUT2D eigenvalue weighted by Gasteiger charge is -2.31. The van der Waals surface area contributed by atoms with Gasteiger partial charge in [-0.15, -0.1) is 0 Å². The van der Waals surface area contributed by atoms with Crippen molar-refractivity contribution in [2.45, 2.75) is 83.2 Å². The molecular formula is C32H38BrN3O4S. The van der Waals surface area contributed by atoms with Crippen LogP contribution in [0.3, 0.4) is 0 Å². The second-order valence-corrected chi connectivity index (χ2v) is 12.9. The number of aryl methyl sites for hydroxylation is 1. The zero-order valence-electron chi connectivity index (χ0n) is 23.8. The number of carbonyl (C=O) groups excluding carboxylic acids is 2. The van der Waals surface area contributed by atoms with Gasteiger partial charge in [-0.05, 0) is 96.2 Å². The van der Waals surface area contributed by atoms with Gasteiger partial charge in [0, 0.05) is 11.7 Å². The molecule has 7 nitrogen and oxygen atoms in total. The molecule has 0 aromatic heterocycles. The van der Waals surface area contributed by atoms with Crippen molar-refractivity contribution in [3.05, 3.63) is 56.9 Å². The molecule has 0 spiro atoms. The highest BCUT2D eigenvalue weighted by Crippen LogP contribution is 2.41. The molecule has 3 fully saturated rings. The number of amides is 2. The summed E-state index contributed by atoms with van der Waals surface area (Å²) in [5.41, 5.74) is 2.64. The summed E-state index contributed by atoms with van der Waals surface area (Å²) in [6, 6.07) is 11.8. The third-order valence-electron chi connectivity index (χ3n) is 7.88. The average Bonchev–Trinajstić information content (AvgIpc) is 3.28. The fraction of sp³-hybridized carbons (Fsp3) is 0.469. The van der Waals surface area contributed by atoms with E-state index in [0.29, 0.717) is 32.6 Å². The number of benzene rings is 2. The van der Waals surface area contributed by atoms with Crippen LogP contribution in [0.5, 0.6) is 11.5 Å². The van der Waals surface area contributed by atoms with Crippen molar-refractivity contribution >= 4 is 56.4 Å². The van der Waals surface area contributed by atoms with Gasteiger partial charge in [-0.2, -0.15) is 0 Å². The highest BCUT2D eigenvalue weighted by Gasteiger charge is 2.39. The Balaban J connectivity index is 1.33. The lowest BCUT2D eigenvalue weighted by molar-refractivity contribution is -0.124. The number of nitrogens with zero attached hydrogens (tertiary/aromatic N) is 2. The highest BCUT2D eigenvalue weighted by molar-refractivity contribution is 9.10. The van der Waals surface area contributed by atoms with E-state index in [2.05, 4.69) is 21.2 Å². The maximum absolute atomic E-state index is 13.8. The fourth-order valence-corrected chi connectivity index (χ4v) is 7.37. The van der Waals surface area contributed by atoms with Crippen LogP contribution >= 0.6 is 27.7 Å². The second kappa shape index (κ2) is 13.9. The van der Waals surface area contributed by atoms with Crippen LogP contribution in [0.15, 0.2) is 50.8 Å². The van der Waals surface area contributed by atoms with E-state index in [4.69, 9.17) is 14.5 Å². The number of anilines is 1. The molecule has 2 aromatic carbocycles. The van der Waals surface area contributed by atoms with E-state index >= 15 is 0 Å². The van der Waals surface area contributed by atoms with Crippen LogP contribution in [-0.4, -0.2) is 47.7 Å². The minimum atomic E-state index is -0.269. The first-order valence-electron chi connectivity index (χ1n) is 14.6. The van der Waals surface area contributed by atoms with Crippen molar-refractivity contribution in [2.24, 2.45) is 4.99 Å². The number of nitrogens with one attached hydrogen (secondary N) is 1. The van der Waals surface area contributed by atoms with Crippen LogP contribution in [-0.2, 0) is 9.59 Å². The molecule has 1 aliphatic heterocycles. The number of methoxy groups -OCH3 is 1. The number of thioether (sulfide) groups is 1. The lowest BCUT2D eigenvalue weighted by atomic mass is 9.94. The summed E-state index contributed by atoms with van der Waals surface area (Å²) >= 11 is 5.08. The molecular weight excluding hydrogens is 602 g/mol. The van der Waals surface area contributed by atoms with Gasteiger partial charge in [-0.3, -0.25) is 19.5 Å². The molecule has 3 aliphatic rings. The molecule has 2 saturated carbocycles. The number of halogens is 1. The largest absolute Gasteiger partial charge is 0.493 e. The molecule has 5 rings (SSSR count). The average molecular weight is 641 g/mol. The summed E-state index contributed by atoms with van der Waals surface area (Å²) in [6.45, 7) is 1.82. The minimum Gasteiger partial charge on any atom is -0.493 e. The van der Waals surface area contributed by atoms with E-state index in [1.165, 1.54) is 37.4 Å². The SMILES string of the molecule is COc1cc(C=C2SC(=NC3CCCCC3)N(C3CCCCC3)C2=O)cc(Br)c1OCC(=O)Nc1ccc(C)cc1. The fourth-order valence-electron chi connectivity index (χ4n) is 5.69. The van der Waals surface area contributed by atoms with Crippen molar-refractivity contribution in [1.29, 1.82) is 0 Å². The molecule has 2 amide bonds. The van der Waals surface area contributed by atoms with E-state index in [1.54, 1.807) is 7.11 Å². The zero-order chi connectivity index (χ0) is 28.8. The molecule has 0 unspecified atom stereocenters. The zero-order valence-corrected chi connectivity index (χ0v) is 26.2. The Kier molecular flexibility index (Phi) is 10.1. The van der Waals surface area contributed by atoms with Crippen LogP contribution in [0.2, 0.25) is 0 Å². The first kappa shape index (κ1) is 29.7. The van der Waals surface area contributed by atoms with Crippen molar-refractivity contribution < 1.29 is 19.1 Å². The Morgan fingerprint density at radius 3 is 2.44 bits per heavy atom. The minimum absolute atomic E-state index is 0.0413. The Morgan fingerprint density at radius 1 is 1.07 bits per heavy atom. The Bertz CT molecular complexity index is 1310. The van der Waals surface area contributed by atoms with Gasteiger partial charge in [-0.1, -0.05) is 56.2 Å². The van der Waals surface area contributed by atoms with Crippen LogP contribution in [0.4, 0.5) is 5.69 Å². The number of hydrogen-bond donors (Lipinski definition) is 1. The van der Waals surface area contributed by atoms with Gasteiger partial charge in [0.15, 0.2) is 23.3 Å². The predicted octanol–water partition coefficient (Wildman–Crippen LogP) is 7.72. The summed E-state index contributed by atoms with van der Waals surface area (Å²) in [4.78, 5) is 34.0. The first-order valence-corrected chi connectivity index (χ1v) is 16.2. The van der Waals surface area contributed by atoms with E-state index in [-0.39, 0.29) is 24.5 Å². The van der Waals surface area contributed by atoms with Crippen molar-refractivity contribution in [2.75, 3.05) is 19.0 Å². The number of ether oxygens (including phenoxy) is 2. The molecule has 218 valence electrons.